The molecule has 6 heteroatoms. The van der Waals surface area contributed by atoms with E-state index in [2.05, 4.69) is 10.3 Å². The summed E-state index contributed by atoms with van der Waals surface area (Å²) >= 11 is 0. The predicted octanol–water partition coefficient (Wildman–Crippen LogP) is 2.47. The molecular formula is C22H27N3O3. The Hall–Kier alpha value is -2.89. The number of H-pyrrole nitrogens is 1. The van der Waals surface area contributed by atoms with Gasteiger partial charge in [0.15, 0.2) is 0 Å². The van der Waals surface area contributed by atoms with Crippen molar-refractivity contribution in [2.45, 2.75) is 40.2 Å². The van der Waals surface area contributed by atoms with Gasteiger partial charge in [0.25, 0.3) is 11.5 Å². The van der Waals surface area contributed by atoms with Gasteiger partial charge in [0.1, 0.15) is 0 Å². The Kier molecular flexibility index (Phi) is 5.97. The lowest BCUT2D eigenvalue weighted by atomic mass is 9.95. The summed E-state index contributed by atoms with van der Waals surface area (Å²) in [5, 5.41) is 2.89. The van der Waals surface area contributed by atoms with E-state index in [1.54, 1.807) is 0 Å². The first-order chi connectivity index (χ1) is 13.4. The molecule has 0 radical (unpaired) electrons. The maximum Gasteiger partial charge on any atom is 0.254 e. The molecule has 0 spiro atoms. The van der Waals surface area contributed by atoms with Gasteiger partial charge in [-0.2, -0.15) is 0 Å². The third-order valence-corrected chi connectivity index (χ3v) is 5.46. The highest BCUT2D eigenvalue weighted by molar-refractivity contribution is 5.95. The standard InChI is InChI=1S/C22H27N3O3/c1-14-6-4-5-7-18(14)22(28)25-10-8-17(9-11-25)20(26)23-13-19-15(2)12-16(3)24-21(19)27/h4-7,12,17H,8-11,13H2,1-3H3,(H,23,26)(H,24,27). The second-order valence-corrected chi connectivity index (χ2v) is 7.54. The molecule has 2 N–H and O–H groups in total. The first kappa shape index (κ1) is 19.9. The molecule has 28 heavy (non-hydrogen) atoms. The maximum absolute atomic E-state index is 12.7. The van der Waals surface area contributed by atoms with E-state index >= 15 is 0 Å². The van der Waals surface area contributed by atoms with E-state index in [0.717, 1.165) is 22.4 Å². The van der Waals surface area contributed by atoms with Gasteiger partial charge in [-0.25, -0.2) is 0 Å². The van der Waals surface area contributed by atoms with Gasteiger partial charge in [0, 0.05) is 42.4 Å². The first-order valence-electron chi connectivity index (χ1n) is 9.69. The fourth-order valence-electron chi connectivity index (χ4n) is 3.75. The number of aromatic nitrogens is 1. The van der Waals surface area contributed by atoms with Gasteiger partial charge < -0.3 is 15.2 Å². The second kappa shape index (κ2) is 8.42. The number of piperidine rings is 1. The smallest absolute Gasteiger partial charge is 0.254 e. The number of carbonyl (C=O) groups excluding carboxylic acids is 2. The zero-order valence-electron chi connectivity index (χ0n) is 16.7. The first-order valence-corrected chi connectivity index (χ1v) is 9.69. The van der Waals surface area contributed by atoms with Crippen LogP contribution in [0.2, 0.25) is 0 Å². The molecule has 2 aromatic rings. The number of hydrogen-bond donors (Lipinski definition) is 2. The fraction of sp³-hybridized carbons (Fsp3) is 0.409. The number of nitrogens with zero attached hydrogens (tertiary/aromatic N) is 1. The van der Waals surface area contributed by atoms with Crippen LogP contribution in [-0.4, -0.2) is 34.8 Å². The van der Waals surface area contributed by atoms with Crippen molar-refractivity contribution in [3.05, 3.63) is 68.6 Å². The van der Waals surface area contributed by atoms with Crippen LogP contribution < -0.4 is 10.9 Å². The SMILES string of the molecule is Cc1cc(C)c(CNC(=O)C2CCN(C(=O)c3ccccc3C)CC2)c(=O)[nH]1. The molecule has 1 aliphatic rings. The Labute approximate surface area is 165 Å². The summed E-state index contributed by atoms with van der Waals surface area (Å²) < 4.78 is 0. The minimum absolute atomic E-state index is 0.0266. The number of aromatic amines is 1. The van der Waals surface area contributed by atoms with Crippen LogP contribution in [-0.2, 0) is 11.3 Å². The molecule has 2 amide bonds. The normalized spacial score (nSPS) is 14.8. The summed E-state index contributed by atoms with van der Waals surface area (Å²) in [7, 11) is 0. The minimum Gasteiger partial charge on any atom is -0.352 e. The van der Waals surface area contributed by atoms with Crippen molar-refractivity contribution >= 4 is 11.8 Å². The van der Waals surface area contributed by atoms with Gasteiger partial charge in [-0.1, -0.05) is 18.2 Å². The third kappa shape index (κ3) is 4.32. The Balaban J connectivity index is 1.55. The summed E-state index contributed by atoms with van der Waals surface area (Å²) in [5.41, 5.74) is 3.80. The van der Waals surface area contributed by atoms with Crippen LogP contribution >= 0.6 is 0 Å². The summed E-state index contributed by atoms with van der Waals surface area (Å²) in [4.78, 5) is 41.9. The number of benzene rings is 1. The second-order valence-electron chi connectivity index (χ2n) is 7.54. The van der Waals surface area contributed by atoms with Crippen molar-refractivity contribution < 1.29 is 9.59 Å². The number of rotatable bonds is 4. The van der Waals surface area contributed by atoms with Gasteiger partial charge in [0.05, 0.1) is 0 Å². The van der Waals surface area contributed by atoms with Crippen LogP contribution in [0.5, 0.6) is 0 Å². The van der Waals surface area contributed by atoms with Crippen LogP contribution in [0.4, 0.5) is 0 Å². The number of carbonyl (C=O) groups is 2. The number of likely N-dealkylation sites (tertiary alicyclic amines) is 1. The summed E-state index contributed by atoms with van der Waals surface area (Å²) in [6.45, 7) is 7.00. The van der Waals surface area contributed by atoms with Crippen molar-refractivity contribution in [2.75, 3.05) is 13.1 Å². The highest BCUT2D eigenvalue weighted by atomic mass is 16.2. The Morgan fingerprint density at radius 2 is 1.79 bits per heavy atom. The number of hydrogen-bond acceptors (Lipinski definition) is 3. The zero-order valence-corrected chi connectivity index (χ0v) is 16.7. The molecule has 1 fully saturated rings. The van der Waals surface area contributed by atoms with Crippen molar-refractivity contribution in [3.8, 4) is 0 Å². The van der Waals surface area contributed by atoms with E-state index in [1.807, 2.05) is 56.0 Å². The molecule has 0 unspecified atom stereocenters. The molecule has 0 bridgehead atoms. The van der Waals surface area contributed by atoms with Gasteiger partial charge in [0.2, 0.25) is 5.91 Å². The molecule has 2 heterocycles. The molecule has 6 nitrogen and oxygen atoms in total. The predicted molar refractivity (Wildman–Crippen MR) is 108 cm³/mol. The molecule has 3 rings (SSSR count). The molecule has 0 saturated carbocycles. The van der Waals surface area contributed by atoms with Crippen LogP contribution in [0.25, 0.3) is 0 Å². The lowest BCUT2D eigenvalue weighted by Gasteiger charge is -2.31. The maximum atomic E-state index is 12.7. The quantitative estimate of drug-likeness (QED) is 0.854. The average molecular weight is 381 g/mol. The average Bonchev–Trinajstić information content (AvgIpc) is 2.67. The van der Waals surface area contributed by atoms with E-state index in [-0.39, 0.29) is 29.8 Å². The van der Waals surface area contributed by atoms with Crippen LogP contribution in [0.3, 0.4) is 0 Å². The van der Waals surface area contributed by atoms with Crippen molar-refractivity contribution in [1.29, 1.82) is 0 Å². The summed E-state index contributed by atoms with van der Waals surface area (Å²) in [6.07, 6.45) is 1.26. The molecule has 1 aromatic carbocycles. The van der Waals surface area contributed by atoms with Gasteiger partial charge in [-0.05, 0) is 56.9 Å². The molecule has 1 aromatic heterocycles. The van der Waals surface area contributed by atoms with Crippen LogP contribution in [0.1, 0.15) is 45.6 Å². The number of amides is 2. The van der Waals surface area contributed by atoms with Crippen molar-refractivity contribution in [1.82, 2.24) is 15.2 Å². The molecule has 148 valence electrons. The number of nitrogens with one attached hydrogen (secondary N) is 2. The Morgan fingerprint density at radius 1 is 1.11 bits per heavy atom. The van der Waals surface area contributed by atoms with Crippen molar-refractivity contribution in [3.63, 3.8) is 0 Å². The molecule has 0 aliphatic carbocycles. The molecular weight excluding hydrogens is 354 g/mol. The van der Waals surface area contributed by atoms with Crippen molar-refractivity contribution in [2.24, 2.45) is 5.92 Å². The van der Waals surface area contributed by atoms with Gasteiger partial charge in [-0.15, -0.1) is 0 Å². The van der Waals surface area contributed by atoms with E-state index in [4.69, 9.17) is 0 Å². The fourth-order valence-corrected chi connectivity index (χ4v) is 3.75. The van der Waals surface area contributed by atoms with E-state index < -0.39 is 0 Å². The van der Waals surface area contributed by atoms with E-state index in [0.29, 0.717) is 31.5 Å². The van der Waals surface area contributed by atoms with Gasteiger partial charge >= 0.3 is 0 Å². The highest BCUT2D eigenvalue weighted by Crippen LogP contribution is 2.20. The minimum atomic E-state index is -0.156. The van der Waals surface area contributed by atoms with Crippen LogP contribution in [0.15, 0.2) is 35.1 Å². The number of aryl methyl sites for hydroxylation is 3. The third-order valence-electron chi connectivity index (χ3n) is 5.46. The topological polar surface area (TPSA) is 82.3 Å². The van der Waals surface area contributed by atoms with E-state index in [1.165, 1.54) is 0 Å². The lowest BCUT2D eigenvalue weighted by Crippen LogP contribution is -2.43. The lowest BCUT2D eigenvalue weighted by molar-refractivity contribution is -0.126. The summed E-state index contributed by atoms with van der Waals surface area (Å²) in [5.74, 6) is -0.160. The van der Waals surface area contributed by atoms with Crippen LogP contribution in [0, 0.1) is 26.7 Å². The Morgan fingerprint density at radius 3 is 2.43 bits per heavy atom. The molecule has 0 atom stereocenters. The zero-order chi connectivity index (χ0) is 20.3. The van der Waals surface area contributed by atoms with Gasteiger partial charge in [-0.3, -0.25) is 14.4 Å². The largest absolute Gasteiger partial charge is 0.352 e. The van der Waals surface area contributed by atoms with E-state index in [9.17, 15) is 14.4 Å². The molecule has 1 saturated heterocycles. The summed E-state index contributed by atoms with van der Waals surface area (Å²) in [6, 6.07) is 9.47. The highest BCUT2D eigenvalue weighted by Gasteiger charge is 2.28. The Bertz CT molecular complexity index is 940. The monoisotopic (exact) mass is 381 g/mol. The number of pyridine rings is 1. The molecule has 1 aliphatic heterocycles.